The summed E-state index contributed by atoms with van der Waals surface area (Å²) in [6.45, 7) is 2.03. The first-order valence-corrected chi connectivity index (χ1v) is 10.7. The third kappa shape index (κ3) is 5.49. The van der Waals surface area contributed by atoms with Crippen LogP contribution in [0.3, 0.4) is 0 Å². The largest absolute Gasteiger partial charge is 0.489 e. The van der Waals surface area contributed by atoms with Gasteiger partial charge in [-0.25, -0.2) is 4.79 Å². The van der Waals surface area contributed by atoms with Crippen LogP contribution < -0.4 is 15.4 Å². The van der Waals surface area contributed by atoms with Crippen LogP contribution in [0, 0.1) is 18.3 Å². The van der Waals surface area contributed by atoms with Gasteiger partial charge in [0.1, 0.15) is 28.3 Å². The molecule has 9 heteroatoms. The summed E-state index contributed by atoms with van der Waals surface area (Å²) < 4.78 is 10.5. The Morgan fingerprint density at radius 1 is 1.16 bits per heavy atom. The van der Waals surface area contributed by atoms with Gasteiger partial charge >= 0.3 is 5.97 Å². The van der Waals surface area contributed by atoms with Crippen LogP contribution in [0.1, 0.15) is 36.7 Å². The summed E-state index contributed by atoms with van der Waals surface area (Å²) in [6.07, 6.45) is 0. The number of thiocarbonyl (C=S) groups is 1. The number of nitrogens with one attached hydrogen (secondary N) is 2. The zero-order valence-electron chi connectivity index (χ0n) is 17.3. The molecule has 0 aliphatic rings. The maximum Gasteiger partial charge on any atom is 0.348 e. The van der Waals surface area contributed by atoms with Crippen molar-refractivity contribution < 1.29 is 19.1 Å². The second kappa shape index (κ2) is 10.5. The molecule has 162 valence electrons. The lowest BCUT2D eigenvalue weighted by molar-refractivity contribution is 0.0605. The van der Waals surface area contributed by atoms with Crippen LogP contribution in [-0.4, -0.2) is 24.1 Å². The number of benzene rings is 2. The summed E-state index contributed by atoms with van der Waals surface area (Å²) in [7, 11) is 1.27. The standard InChI is InChI=1S/C23H19N3O4S2/c1-14-18(12-24)21(32-19(14)22(28)29-2)26-23(31)25-20(27)16-9-6-10-17(11-16)30-13-15-7-4-3-5-8-15/h3-11H,13H2,1-2H3,(H2,25,26,27,31). The topological polar surface area (TPSA) is 100 Å². The minimum Gasteiger partial charge on any atom is -0.489 e. The lowest BCUT2D eigenvalue weighted by atomic mass is 10.2. The number of esters is 1. The molecule has 0 aliphatic heterocycles. The summed E-state index contributed by atoms with van der Waals surface area (Å²) in [5.74, 6) is -0.435. The highest BCUT2D eigenvalue weighted by Gasteiger charge is 2.21. The van der Waals surface area contributed by atoms with E-state index < -0.39 is 11.9 Å². The van der Waals surface area contributed by atoms with Crippen LogP contribution in [0.4, 0.5) is 5.00 Å². The summed E-state index contributed by atoms with van der Waals surface area (Å²) >= 11 is 6.26. The fourth-order valence-electron chi connectivity index (χ4n) is 2.80. The van der Waals surface area contributed by atoms with Gasteiger partial charge in [0.25, 0.3) is 5.91 Å². The van der Waals surface area contributed by atoms with Gasteiger partial charge in [-0.1, -0.05) is 36.4 Å². The number of anilines is 1. The third-order valence-electron chi connectivity index (χ3n) is 4.43. The smallest absolute Gasteiger partial charge is 0.348 e. The van der Waals surface area contributed by atoms with Gasteiger partial charge in [-0.15, -0.1) is 11.3 Å². The molecule has 2 N–H and O–H groups in total. The number of nitrogens with zero attached hydrogens (tertiary/aromatic N) is 1. The molecule has 32 heavy (non-hydrogen) atoms. The monoisotopic (exact) mass is 465 g/mol. The number of rotatable bonds is 6. The Morgan fingerprint density at radius 3 is 2.59 bits per heavy atom. The molecule has 0 spiro atoms. The quantitative estimate of drug-likeness (QED) is 0.410. The molecular formula is C23H19N3O4S2. The van der Waals surface area contributed by atoms with Crippen molar-refractivity contribution >= 4 is 45.5 Å². The minimum atomic E-state index is -0.542. The first-order chi connectivity index (χ1) is 15.4. The van der Waals surface area contributed by atoms with Crippen LogP contribution in [0.25, 0.3) is 0 Å². The molecule has 0 saturated heterocycles. The van der Waals surface area contributed by atoms with E-state index in [4.69, 9.17) is 21.7 Å². The number of ether oxygens (including phenoxy) is 2. The van der Waals surface area contributed by atoms with Gasteiger partial charge in [0, 0.05) is 5.56 Å². The molecule has 0 fully saturated rings. The number of carbonyl (C=O) groups excluding carboxylic acids is 2. The molecule has 0 radical (unpaired) electrons. The highest BCUT2D eigenvalue weighted by atomic mass is 32.1. The molecule has 3 rings (SSSR count). The molecule has 2 aromatic carbocycles. The number of nitriles is 1. The molecule has 1 aromatic heterocycles. The second-order valence-corrected chi connectivity index (χ2v) is 8.00. The van der Waals surface area contributed by atoms with Crippen LogP contribution in [-0.2, 0) is 11.3 Å². The summed E-state index contributed by atoms with van der Waals surface area (Å²) in [4.78, 5) is 24.8. The molecule has 7 nitrogen and oxygen atoms in total. The number of hydrogen-bond acceptors (Lipinski definition) is 7. The summed E-state index contributed by atoms with van der Waals surface area (Å²) in [5, 5.41) is 15.2. The lowest BCUT2D eigenvalue weighted by Crippen LogP contribution is -2.34. The Labute approximate surface area is 194 Å². The first-order valence-electron chi connectivity index (χ1n) is 9.44. The molecule has 0 unspecified atom stereocenters. The fraction of sp³-hybridized carbons (Fsp3) is 0.130. The van der Waals surface area contributed by atoms with E-state index in [0.717, 1.165) is 16.9 Å². The summed E-state index contributed by atoms with van der Waals surface area (Å²) in [5.41, 5.74) is 2.13. The van der Waals surface area contributed by atoms with Crippen molar-refractivity contribution in [3.05, 3.63) is 81.7 Å². The summed E-state index contributed by atoms with van der Waals surface area (Å²) in [6, 6.07) is 18.5. The van der Waals surface area contributed by atoms with Crippen LogP contribution in [0.2, 0.25) is 0 Å². The highest BCUT2D eigenvalue weighted by Crippen LogP contribution is 2.32. The molecule has 0 aliphatic carbocycles. The van der Waals surface area contributed by atoms with E-state index in [1.54, 1.807) is 31.2 Å². The van der Waals surface area contributed by atoms with Gasteiger partial charge in [-0.2, -0.15) is 5.26 Å². The Kier molecular flexibility index (Phi) is 7.54. The van der Waals surface area contributed by atoms with Crippen molar-refractivity contribution in [2.24, 2.45) is 0 Å². The zero-order valence-corrected chi connectivity index (χ0v) is 18.9. The molecule has 0 bridgehead atoms. The van der Waals surface area contributed by atoms with Gasteiger partial charge in [-0.3, -0.25) is 10.1 Å². The average Bonchev–Trinajstić information content (AvgIpc) is 3.12. The van der Waals surface area contributed by atoms with Crippen molar-refractivity contribution in [3.8, 4) is 11.8 Å². The van der Waals surface area contributed by atoms with E-state index in [1.807, 2.05) is 36.4 Å². The van der Waals surface area contributed by atoms with Gasteiger partial charge in [-0.05, 0) is 48.5 Å². The molecule has 1 amide bonds. The predicted octanol–water partition coefficient (Wildman–Crippen LogP) is 4.42. The molecule has 3 aromatic rings. The number of carbonyl (C=O) groups is 2. The number of amides is 1. The first kappa shape index (κ1) is 22.9. The average molecular weight is 466 g/mol. The Balaban J connectivity index is 1.66. The van der Waals surface area contributed by atoms with E-state index in [9.17, 15) is 14.9 Å². The lowest BCUT2D eigenvalue weighted by Gasteiger charge is -2.10. The van der Waals surface area contributed by atoms with E-state index in [-0.39, 0.29) is 10.7 Å². The SMILES string of the molecule is COC(=O)c1sc(NC(=S)NC(=O)c2cccc(OCc3ccccc3)c2)c(C#N)c1C. The van der Waals surface area contributed by atoms with Crippen molar-refractivity contribution in [1.29, 1.82) is 5.26 Å². The Bertz CT molecular complexity index is 1200. The Morgan fingerprint density at radius 2 is 1.91 bits per heavy atom. The minimum absolute atomic E-state index is 0.000210. The van der Waals surface area contributed by atoms with Crippen molar-refractivity contribution in [3.63, 3.8) is 0 Å². The fourth-order valence-corrected chi connectivity index (χ4v) is 4.14. The van der Waals surface area contributed by atoms with Crippen molar-refractivity contribution in [2.75, 3.05) is 12.4 Å². The van der Waals surface area contributed by atoms with E-state index in [1.165, 1.54) is 7.11 Å². The Hall–Kier alpha value is -3.74. The number of methoxy groups -OCH3 is 1. The van der Waals surface area contributed by atoms with Gasteiger partial charge in [0.05, 0.1) is 12.7 Å². The van der Waals surface area contributed by atoms with Crippen LogP contribution in [0.15, 0.2) is 54.6 Å². The van der Waals surface area contributed by atoms with Crippen molar-refractivity contribution in [2.45, 2.75) is 13.5 Å². The van der Waals surface area contributed by atoms with E-state index >= 15 is 0 Å². The van der Waals surface area contributed by atoms with Gasteiger partial charge < -0.3 is 14.8 Å². The number of hydrogen-bond donors (Lipinski definition) is 2. The normalized spacial score (nSPS) is 10.0. The van der Waals surface area contributed by atoms with E-state index in [2.05, 4.69) is 10.6 Å². The predicted molar refractivity (Wildman–Crippen MR) is 126 cm³/mol. The second-order valence-electron chi connectivity index (χ2n) is 6.57. The third-order valence-corrected chi connectivity index (χ3v) is 5.82. The number of thiophene rings is 1. The molecule has 0 saturated carbocycles. The van der Waals surface area contributed by atoms with Crippen LogP contribution >= 0.6 is 23.6 Å². The molecular weight excluding hydrogens is 446 g/mol. The van der Waals surface area contributed by atoms with Gasteiger partial charge in [0.2, 0.25) is 0 Å². The maximum absolute atomic E-state index is 12.6. The van der Waals surface area contributed by atoms with Crippen molar-refractivity contribution in [1.82, 2.24) is 5.32 Å². The molecule has 1 heterocycles. The molecule has 0 atom stereocenters. The van der Waals surface area contributed by atoms with Gasteiger partial charge in [0.15, 0.2) is 5.11 Å². The maximum atomic E-state index is 12.6. The van der Waals surface area contributed by atoms with Crippen LogP contribution in [0.5, 0.6) is 5.75 Å². The highest BCUT2D eigenvalue weighted by molar-refractivity contribution is 7.80. The van der Waals surface area contributed by atoms with E-state index in [0.29, 0.717) is 33.4 Å². The zero-order chi connectivity index (χ0) is 23.1.